The zero-order valence-electron chi connectivity index (χ0n) is 9.56. The largest absolute Gasteiger partial charge is 0.481 e. The molecule has 1 fully saturated rings. The van der Waals surface area contributed by atoms with Gasteiger partial charge in [-0.2, -0.15) is 0 Å². The fourth-order valence-corrected chi connectivity index (χ4v) is 5.65. The number of thiophene rings is 1. The monoisotopic (exact) mass is 308 g/mol. The van der Waals surface area contributed by atoms with Crippen molar-refractivity contribution >= 4 is 38.7 Å². The first kappa shape index (κ1) is 13.8. The van der Waals surface area contributed by atoms with E-state index in [0.29, 0.717) is 22.1 Å². The standard InChI is InChI=1S/C11H13ClO4S2/c12-9-2-1-8(17-9)6-18(15,16)7-11(3-4-11)5-10(13)14/h1-2H,3-7H2,(H,13,14). The van der Waals surface area contributed by atoms with Gasteiger partial charge in [0.15, 0.2) is 9.84 Å². The van der Waals surface area contributed by atoms with Crippen molar-refractivity contribution < 1.29 is 18.3 Å². The molecule has 4 nitrogen and oxygen atoms in total. The van der Waals surface area contributed by atoms with E-state index in [-0.39, 0.29) is 17.9 Å². The van der Waals surface area contributed by atoms with Crippen molar-refractivity contribution in [2.75, 3.05) is 5.75 Å². The molecule has 0 aromatic carbocycles. The van der Waals surface area contributed by atoms with Crippen LogP contribution in [0.1, 0.15) is 24.1 Å². The van der Waals surface area contributed by atoms with Gasteiger partial charge in [-0.05, 0) is 30.4 Å². The van der Waals surface area contributed by atoms with Crippen LogP contribution in [0.3, 0.4) is 0 Å². The number of hydrogen-bond donors (Lipinski definition) is 1. The SMILES string of the molecule is O=C(O)CC1(CS(=O)(=O)Cc2ccc(Cl)s2)CC1. The Morgan fingerprint density at radius 2 is 2.11 bits per heavy atom. The summed E-state index contributed by atoms with van der Waals surface area (Å²) in [5.74, 6) is -1.02. The van der Waals surface area contributed by atoms with Gasteiger partial charge < -0.3 is 5.11 Å². The third-order valence-corrected chi connectivity index (χ3v) is 6.22. The van der Waals surface area contributed by atoms with Crippen molar-refractivity contribution in [3.05, 3.63) is 21.3 Å². The van der Waals surface area contributed by atoms with Crippen LogP contribution in [-0.4, -0.2) is 25.2 Å². The van der Waals surface area contributed by atoms with Crippen LogP contribution in [-0.2, 0) is 20.4 Å². The molecule has 1 aromatic heterocycles. The lowest BCUT2D eigenvalue weighted by atomic mass is 10.1. The number of carboxylic acids is 1. The molecule has 0 atom stereocenters. The van der Waals surface area contributed by atoms with Gasteiger partial charge in [0.1, 0.15) is 0 Å². The Morgan fingerprint density at radius 3 is 2.56 bits per heavy atom. The van der Waals surface area contributed by atoms with E-state index < -0.39 is 21.2 Å². The number of carbonyl (C=O) groups is 1. The molecular formula is C11H13ClO4S2. The minimum Gasteiger partial charge on any atom is -0.481 e. The zero-order valence-corrected chi connectivity index (χ0v) is 11.9. The predicted octanol–water partition coefficient (Wildman–Crippen LogP) is 2.57. The summed E-state index contributed by atoms with van der Waals surface area (Å²) in [7, 11) is -3.27. The van der Waals surface area contributed by atoms with E-state index >= 15 is 0 Å². The lowest BCUT2D eigenvalue weighted by Crippen LogP contribution is -2.21. The average Bonchev–Trinajstić information content (AvgIpc) is 2.78. The quantitative estimate of drug-likeness (QED) is 0.876. The summed E-state index contributed by atoms with van der Waals surface area (Å²) in [4.78, 5) is 11.4. The summed E-state index contributed by atoms with van der Waals surface area (Å²) < 4.78 is 24.6. The lowest BCUT2D eigenvalue weighted by Gasteiger charge is -2.12. The number of sulfone groups is 1. The Kier molecular flexibility index (Phi) is 3.71. The van der Waals surface area contributed by atoms with Crippen molar-refractivity contribution in [1.82, 2.24) is 0 Å². The zero-order chi connectivity index (χ0) is 13.4. The second kappa shape index (κ2) is 4.83. The van der Waals surface area contributed by atoms with Crippen molar-refractivity contribution in [1.29, 1.82) is 0 Å². The topological polar surface area (TPSA) is 71.4 Å². The van der Waals surface area contributed by atoms with Crippen molar-refractivity contribution in [2.24, 2.45) is 5.41 Å². The van der Waals surface area contributed by atoms with E-state index in [9.17, 15) is 13.2 Å². The summed E-state index contributed by atoms with van der Waals surface area (Å²) in [6, 6.07) is 3.36. The van der Waals surface area contributed by atoms with E-state index in [1.807, 2.05) is 0 Å². The van der Waals surface area contributed by atoms with Gasteiger partial charge in [0.05, 0.1) is 22.3 Å². The minimum atomic E-state index is -3.27. The smallest absolute Gasteiger partial charge is 0.303 e. The molecule has 0 spiro atoms. The second-order valence-electron chi connectivity index (χ2n) is 4.81. The maximum atomic E-state index is 12.0. The van der Waals surface area contributed by atoms with Crippen LogP contribution < -0.4 is 0 Å². The highest BCUT2D eigenvalue weighted by Gasteiger charge is 2.47. The van der Waals surface area contributed by atoms with Gasteiger partial charge in [-0.15, -0.1) is 11.3 Å². The first-order valence-electron chi connectivity index (χ1n) is 5.47. The maximum Gasteiger partial charge on any atom is 0.303 e. The Balaban J connectivity index is 2.02. The molecule has 1 heterocycles. The molecule has 7 heteroatoms. The van der Waals surface area contributed by atoms with Gasteiger partial charge >= 0.3 is 5.97 Å². The fraction of sp³-hybridized carbons (Fsp3) is 0.545. The van der Waals surface area contributed by atoms with Gasteiger partial charge in [-0.1, -0.05) is 11.6 Å². The predicted molar refractivity (Wildman–Crippen MR) is 70.7 cm³/mol. The Morgan fingerprint density at radius 1 is 1.44 bits per heavy atom. The van der Waals surface area contributed by atoms with Crippen LogP contribution >= 0.6 is 22.9 Å². The highest BCUT2D eigenvalue weighted by atomic mass is 35.5. The first-order chi connectivity index (χ1) is 8.30. The molecule has 100 valence electrons. The van der Waals surface area contributed by atoms with Gasteiger partial charge in [0, 0.05) is 4.88 Å². The van der Waals surface area contributed by atoms with Gasteiger partial charge in [0.25, 0.3) is 0 Å². The Labute approximate surface area is 115 Å². The number of hydrogen-bond acceptors (Lipinski definition) is 4. The van der Waals surface area contributed by atoms with Gasteiger partial charge in [-0.25, -0.2) is 8.42 Å². The molecule has 0 aliphatic heterocycles. The normalized spacial score (nSPS) is 17.6. The van der Waals surface area contributed by atoms with Crippen LogP contribution in [0.25, 0.3) is 0 Å². The molecule has 1 saturated carbocycles. The number of aliphatic carboxylic acids is 1. The van der Waals surface area contributed by atoms with Crippen LogP contribution in [0, 0.1) is 5.41 Å². The number of carboxylic acid groups (broad SMARTS) is 1. The molecule has 1 N–H and O–H groups in total. The average molecular weight is 309 g/mol. The van der Waals surface area contributed by atoms with Gasteiger partial charge in [0.2, 0.25) is 0 Å². The minimum absolute atomic E-state index is 0.0399. The second-order valence-corrected chi connectivity index (χ2v) is 8.67. The van der Waals surface area contributed by atoms with Crippen LogP contribution in [0.15, 0.2) is 12.1 Å². The number of halogens is 1. The Bertz CT molecular complexity index is 557. The summed E-state index contributed by atoms with van der Waals surface area (Å²) in [6.07, 6.45) is 1.31. The third-order valence-electron chi connectivity index (χ3n) is 3.00. The maximum absolute atomic E-state index is 12.0. The summed E-state index contributed by atoms with van der Waals surface area (Å²) in [5.41, 5.74) is -0.522. The summed E-state index contributed by atoms with van der Waals surface area (Å²) in [6.45, 7) is 0. The highest BCUT2D eigenvalue weighted by molar-refractivity contribution is 7.90. The van der Waals surface area contributed by atoms with Gasteiger partial charge in [-0.3, -0.25) is 4.79 Å². The molecule has 0 saturated heterocycles. The molecule has 18 heavy (non-hydrogen) atoms. The molecular weight excluding hydrogens is 296 g/mol. The lowest BCUT2D eigenvalue weighted by molar-refractivity contribution is -0.138. The molecule has 0 amide bonds. The van der Waals surface area contributed by atoms with E-state index in [1.54, 1.807) is 12.1 Å². The highest BCUT2D eigenvalue weighted by Crippen LogP contribution is 2.50. The molecule has 1 aliphatic rings. The van der Waals surface area contributed by atoms with Crippen molar-refractivity contribution in [3.8, 4) is 0 Å². The van der Waals surface area contributed by atoms with E-state index in [1.165, 1.54) is 11.3 Å². The molecule has 1 aromatic rings. The molecule has 0 bridgehead atoms. The fourth-order valence-electron chi connectivity index (χ4n) is 2.03. The number of rotatable bonds is 6. The van der Waals surface area contributed by atoms with Crippen LogP contribution in [0.4, 0.5) is 0 Å². The first-order valence-corrected chi connectivity index (χ1v) is 8.48. The summed E-state index contributed by atoms with van der Waals surface area (Å²) in [5, 5.41) is 8.77. The van der Waals surface area contributed by atoms with Crippen molar-refractivity contribution in [3.63, 3.8) is 0 Å². The molecule has 2 rings (SSSR count). The summed E-state index contributed by atoms with van der Waals surface area (Å²) >= 11 is 6.99. The van der Waals surface area contributed by atoms with Crippen molar-refractivity contribution in [2.45, 2.75) is 25.0 Å². The molecule has 0 unspecified atom stereocenters. The molecule has 1 aliphatic carbocycles. The van der Waals surface area contributed by atoms with E-state index in [0.717, 1.165) is 0 Å². The van der Waals surface area contributed by atoms with E-state index in [2.05, 4.69) is 0 Å². The third kappa shape index (κ3) is 3.70. The van der Waals surface area contributed by atoms with Crippen LogP contribution in [0.5, 0.6) is 0 Å². The van der Waals surface area contributed by atoms with Crippen LogP contribution in [0.2, 0.25) is 4.34 Å². The molecule has 0 radical (unpaired) electrons. The Hall–Kier alpha value is -0.590. The van der Waals surface area contributed by atoms with E-state index in [4.69, 9.17) is 16.7 Å².